The fourth-order valence-electron chi connectivity index (χ4n) is 2.94. The zero-order valence-electron chi connectivity index (χ0n) is 14.8. The summed E-state index contributed by atoms with van der Waals surface area (Å²) in [6, 6.07) is 4.09. The van der Waals surface area contributed by atoms with E-state index >= 15 is 0 Å². The van der Waals surface area contributed by atoms with Crippen LogP contribution in [0.15, 0.2) is 18.2 Å². The molecule has 130 valence electrons. The summed E-state index contributed by atoms with van der Waals surface area (Å²) < 4.78 is 16.8. The molecule has 1 aromatic rings. The van der Waals surface area contributed by atoms with E-state index in [0.29, 0.717) is 26.3 Å². The van der Waals surface area contributed by atoms with Gasteiger partial charge in [-0.1, -0.05) is 6.08 Å². The first-order valence-corrected chi connectivity index (χ1v) is 8.41. The van der Waals surface area contributed by atoms with Crippen LogP contribution in [-0.4, -0.2) is 42.9 Å². The summed E-state index contributed by atoms with van der Waals surface area (Å²) in [6.07, 6.45) is 2.66. The second-order valence-corrected chi connectivity index (χ2v) is 7.22. The minimum atomic E-state index is -0.465. The molecule has 0 spiro atoms. The van der Waals surface area contributed by atoms with Crippen molar-refractivity contribution in [1.29, 1.82) is 0 Å². The molecule has 0 saturated carbocycles. The van der Waals surface area contributed by atoms with E-state index in [9.17, 15) is 4.79 Å². The fraction of sp³-hybridized carbons (Fsp3) is 0.526. The van der Waals surface area contributed by atoms with Crippen molar-refractivity contribution in [2.24, 2.45) is 0 Å². The van der Waals surface area contributed by atoms with E-state index in [2.05, 4.69) is 19.1 Å². The zero-order valence-corrected chi connectivity index (χ0v) is 14.8. The molecule has 0 radical (unpaired) electrons. The number of aryl methyl sites for hydroxylation is 1. The molecule has 0 aliphatic carbocycles. The molecule has 2 aliphatic heterocycles. The largest absolute Gasteiger partial charge is 0.486 e. The molecule has 0 fully saturated rings. The number of rotatable bonds is 1. The van der Waals surface area contributed by atoms with Crippen molar-refractivity contribution in [1.82, 2.24) is 4.90 Å². The Morgan fingerprint density at radius 3 is 2.42 bits per heavy atom. The predicted octanol–water partition coefficient (Wildman–Crippen LogP) is 3.79. The highest BCUT2D eigenvalue weighted by molar-refractivity contribution is 5.75. The molecule has 0 bridgehead atoms. The lowest BCUT2D eigenvalue weighted by atomic mass is 9.95. The van der Waals surface area contributed by atoms with Crippen LogP contribution in [0.4, 0.5) is 4.79 Å². The van der Waals surface area contributed by atoms with Gasteiger partial charge in [-0.2, -0.15) is 0 Å². The molecule has 2 aliphatic rings. The van der Waals surface area contributed by atoms with Gasteiger partial charge in [-0.3, -0.25) is 0 Å². The molecule has 0 saturated heterocycles. The molecule has 1 aromatic carbocycles. The molecule has 0 atom stereocenters. The molecule has 2 heterocycles. The van der Waals surface area contributed by atoms with Crippen LogP contribution in [0.2, 0.25) is 0 Å². The fourth-order valence-corrected chi connectivity index (χ4v) is 2.94. The van der Waals surface area contributed by atoms with Gasteiger partial charge in [0.05, 0.1) is 0 Å². The van der Waals surface area contributed by atoms with Crippen molar-refractivity contribution in [3.05, 3.63) is 29.3 Å². The third-order valence-corrected chi connectivity index (χ3v) is 4.10. The van der Waals surface area contributed by atoms with Crippen LogP contribution in [0.5, 0.6) is 11.5 Å². The quantitative estimate of drug-likeness (QED) is 0.785. The average molecular weight is 331 g/mol. The number of carbonyl (C=O) groups is 1. The number of amides is 1. The maximum atomic E-state index is 12.2. The lowest BCUT2D eigenvalue weighted by Gasteiger charge is -2.30. The maximum absolute atomic E-state index is 12.2. The van der Waals surface area contributed by atoms with Crippen LogP contribution in [0.3, 0.4) is 0 Å². The molecule has 3 rings (SSSR count). The summed E-state index contributed by atoms with van der Waals surface area (Å²) in [7, 11) is 0. The molecular weight excluding hydrogens is 306 g/mol. The van der Waals surface area contributed by atoms with Gasteiger partial charge in [-0.05, 0) is 62.9 Å². The summed E-state index contributed by atoms with van der Waals surface area (Å²) in [6.45, 7) is 10.1. The molecule has 0 N–H and O–H groups in total. The van der Waals surface area contributed by atoms with Crippen LogP contribution < -0.4 is 9.47 Å². The van der Waals surface area contributed by atoms with Crippen LogP contribution in [-0.2, 0) is 4.74 Å². The second kappa shape index (κ2) is 6.38. The van der Waals surface area contributed by atoms with Gasteiger partial charge in [-0.15, -0.1) is 0 Å². The first-order valence-electron chi connectivity index (χ1n) is 8.41. The van der Waals surface area contributed by atoms with Gasteiger partial charge in [-0.25, -0.2) is 4.79 Å². The topological polar surface area (TPSA) is 48.0 Å². The van der Waals surface area contributed by atoms with E-state index in [-0.39, 0.29) is 6.09 Å². The lowest BCUT2D eigenvalue weighted by Crippen LogP contribution is -2.39. The number of hydrogen-bond donors (Lipinski definition) is 0. The van der Waals surface area contributed by atoms with Gasteiger partial charge in [0.25, 0.3) is 0 Å². The van der Waals surface area contributed by atoms with Crippen molar-refractivity contribution in [3.63, 3.8) is 0 Å². The van der Waals surface area contributed by atoms with E-state index in [1.807, 2.05) is 26.8 Å². The van der Waals surface area contributed by atoms with E-state index in [1.165, 1.54) is 11.1 Å². The monoisotopic (exact) mass is 331 g/mol. The predicted molar refractivity (Wildman–Crippen MR) is 92.6 cm³/mol. The smallest absolute Gasteiger partial charge is 0.410 e. The molecule has 1 amide bonds. The molecule has 0 unspecified atom stereocenters. The normalized spacial score (nSPS) is 17.3. The molecule has 5 heteroatoms. The average Bonchev–Trinajstić information content (AvgIpc) is 2.53. The Morgan fingerprint density at radius 1 is 1.17 bits per heavy atom. The number of benzene rings is 1. The van der Waals surface area contributed by atoms with Crippen molar-refractivity contribution in [2.75, 3.05) is 26.3 Å². The van der Waals surface area contributed by atoms with Gasteiger partial charge in [0.1, 0.15) is 18.8 Å². The van der Waals surface area contributed by atoms with Gasteiger partial charge in [0, 0.05) is 13.1 Å². The standard InChI is InChI=1S/C19H25NO4/c1-13-11-16-17(23-10-9-22-16)12-15(13)14-5-7-20(8-6-14)18(21)24-19(2,3)4/h5,11-12H,6-10H2,1-4H3. The van der Waals surface area contributed by atoms with Crippen molar-refractivity contribution >= 4 is 11.7 Å². The summed E-state index contributed by atoms with van der Waals surface area (Å²) in [5.74, 6) is 1.62. The Hall–Kier alpha value is -2.17. The highest BCUT2D eigenvalue weighted by Crippen LogP contribution is 2.37. The molecular formula is C19H25NO4. The Morgan fingerprint density at radius 2 is 1.83 bits per heavy atom. The minimum absolute atomic E-state index is 0.253. The van der Waals surface area contributed by atoms with Crippen molar-refractivity contribution in [3.8, 4) is 11.5 Å². The van der Waals surface area contributed by atoms with E-state index < -0.39 is 5.60 Å². The second-order valence-electron chi connectivity index (χ2n) is 7.22. The Balaban J connectivity index is 1.74. The number of fused-ring (bicyclic) bond motifs is 1. The van der Waals surface area contributed by atoms with Crippen molar-refractivity contribution in [2.45, 2.75) is 39.7 Å². The molecule has 24 heavy (non-hydrogen) atoms. The van der Waals surface area contributed by atoms with Crippen LogP contribution in [0.25, 0.3) is 5.57 Å². The number of hydrogen-bond acceptors (Lipinski definition) is 4. The molecule has 0 aromatic heterocycles. The summed E-state index contributed by atoms with van der Waals surface area (Å²) in [5.41, 5.74) is 3.11. The van der Waals surface area contributed by atoms with Crippen LogP contribution in [0.1, 0.15) is 38.3 Å². The Labute approximate surface area is 143 Å². The lowest BCUT2D eigenvalue weighted by molar-refractivity contribution is 0.0270. The number of carbonyl (C=O) groups excluding carboxylic acids is 1. The third kappa shape index (κ3) is 3.66. The third-order valence-electron chi connectivity index (χ3n) is 4.10. The summed E-state index contributed by atoms with van der Waals surface area (Å²) in [5, 5.41) is 0. The first-order chi connectivity index (χ1) is 11.3. The van der Waals surface area contributed by atoms with Crippen LogP contribution >= 0.6 is 0 Å². The number of ether oxygens (including phenoxy) is 3. The van der Waals surface area contributed by atoms with Crippen molar-refractivity contribution < 1.29 is 19.0 Å². The highest BCUT2D eigenvalue weighted by Gasteiger charge is 2.25. The van der Waals surface area contributed by atoms with Gasteiger partial charge in [0.15, 0.2) is 11.5 Å². The minimum Gasteiger partial charge on any atom is -0.486 e. The zero-order chi connectivity index (χ0) is 17.3. The summed E-state index contributed by atoms with van der Waals surface area (Å²) in [4.78, 5) is 13.9. The maximum Gasteiger partial charge on any atom is 0.410 e. The van der Waals surface area contributed by atoms with Gasteiger partial charge in [0.2, 0.25) is 0 Å². The van der Waals surface area contributed by atoms with E-state index in [0.717, 1.165) is 23.5 Å². The van der Waals surface area contributed by atoms with Gasteiger partial charge >= 0.3 is 6.09 Å². The van der Waals surface area contributed by atoms with E-state index in [4.69, 9.17) is 14.2 Å². The number of nitrogens with zero attached hydrogens (tertiary/aromatic N) is 1. The van der Waals surface area contributed by atoms with Gasteiger partial charge < -0.3 is 19.1 Å². The Bertz CT molecular complexity index is 673. The van der Waals surface area contributed by atoms with Crippen LogP contribution in [0, 0.1) is 6.92 Å². The Kier molecular flexibility index (Phi) is 4.43. The molecule has 5 nitrogen and oxygen atoms in total. The van der Waals surface area contributed by atoms with E-state index in [1.54, 1.807) is 4.90 Å². The highest BCUT2D eigenvalue weighted by atomic mass is 16.6. The first kappa shape index (κ1) is 16.7. The summed E-state index contributed by atoms with van der Waals surface area (Å²) >= 11 is 0. The SMILES string of the molecule is Cc1cc2c(cc1C1=CCN(C(=O)OC(C)(C)C)CC1)OCCO2.